The van der Waals surface area contributed by atoms with Crippen molar-refractivity contribution in [3.63, 3.8) is 0 Å². The Balaban J connectivity index is 2.82. The first-order valence-corrected chi connectivity index (χ1v) is 5.80. The monoisotopic (exact) mass is 269 g/mol. The van der Waals surface area contributed by atoms with Crippen LogP contribution in [0.3, 0.4) is 0 Å². The molecular weight excluding hydrogens is 254 g/mol. The van der Waals surface area contributed by atoms with Crippen molar-refractivity contribution in [1.29, 1.82) is 0 Å². The number of nitrogens with one attached hydrogen (secondary N) is 1. The second-order valence-electron chi connectivity index (χ2n) is 3.99. The molecule has 0 spiro atoms. The van der Waals surface area contributed by atoms with Gasteiger partial charge in [-0.1, -0.05) is 6.92 Å². The van der Waals surface area contributed by atoms with Crippen molar-refractivity contribution in [3.8, 4) is 0 Å². The minimum Gasteiger partial charge on any atom is -0.393 e. The van der Waals surface area contributed by atoms with E-state index in [9.17, 15) is 25.3 Å². The lowest BCUT2D eigenvalue weighted by Gasteiger charge is -2.09. The third-order valence-electron chi connectivity index (χ3n) is 2.65. The molecule has 8 nitrogen and oxygen atoms in total. The SMILES string of the molecule is CCC(O)CCNc1ccc([N+](=O)[O-])cc1[N+](=O)[O-]. The fourth-order valence-corrected chi connectivity index (χ4v) is 1.51. The minimum absolute atomic E-state index is 0.207. The van der Waals surface area contributed by atoms with Gasteiger partial charge in [-0.3, -0.25) is 20.2 Å². The zero-order valence-corrected chi connectivity index (χ0v) is 10.4. The number of hydrogen-bond donors (Lipinski definition) is 2. The van der Waals surface area contributed by atoms with Crippen LogP contribution in [0.5, 0.6) is 0 Å². The fraction of sp³-hybridized carbons (Fsp3) is 0.455. The van der Waals surface area contributed by atoms with E-state index < -0.39 is 16.0 Å². The third-order valence-corrected chi connectivity index (χ3v) is 2.65. The lowest BCUT2D eigenvalue weighted by Crippen LogP contribution is -2.13. The highest BCUT2D eigenvalue weighted by molar-refractivity contribution is 5.65. The summed E-state index contributed by atoms with van der Waals surface area (Å²) in [6.07, 6.45) is 0.582. The number of rotatable bonds is 7. The molecule has 1 rings (SSSR count). The van der Waals surface area contributed by atoms with Gasteiger partial charge < -0.3 is 10.4 Å². The van der Waals surface area contributed by atoms with E-state index >= 15 is 0 Å². The first-order chi connectivity index (χ1) is 8.95. The van der Waals surface area contributed by atoms with Crippen LogP contribution >= 0.6 is 0 Å². The molecule has 0 saturated heterocycles. The summed E-state index contributed by atoms with van der Waals surface area (Å²) in [5.74, 6) is 0. The van der Waals surface area contributed by atoms with Gasteiger partial charge in [0, 0.05) is 12.6 Å². The Hall–Kier alpha value is -2.22. The predicted molar refractivity (Wildman–Crippen MR) is 69.2 cm³/mol. The zero-order chi connectivity index (χ0) is 14.4. The van der Waals surface area contributed by atoms with Gasteiger partial charge in [0.05, 0.1) is 22.0 Å². The van der Waals surface area contributed by atoms with Crippen molar-refractivity contribution in [1.82, 2.24) is 0 Å². The van der Waals surface area contributed by atoms with Gasteiger partial charge in [0.2, 0.25) is 0 Å². The van der Waals surface area contributed by atoms with Crippen molar-refractivity contribution < 1.29 is 15.0 Å². The third kappa shape index (κ3) is 4.18. The van der Waals surface area contributed by atoms with Gasteiger partial charge >= 0.3 is 0 Å². The number of nitro groups is 2. The Bertz CT molecular complexity index is 477. The molecule has 0 aliphatic carbocycles. The summed E-state index contributed by atoms with van der Waals surface area (Å²) < 4.78 is 0. The van der Waals surface area contributed by atoms with Gasteiger partial charge in [0.1, 0.15) is 5.69 Å². The lowest BCUT2D eigenvalue weighted by molar-refractivity contribution is -0.393. The van der Waals surface area contributed by atoms with Crippen LogP contribution < -0.4 is 5.32 Å². The lowest BCUT2D eigenvalue weighted by atomic mass is 10.2. The molecule has 0 aliphatic rings. The van der Waals surface area contributed by atoms with Gasteiger partial charge in [-0.25, -0.2) is 0 Å². The smallest absolute Gasteiger partial charge is 0.299 e. The normalized spacial score (nSPS) is 11.9. The summed E-state index contributed by atoms with van der Waals surface area (Å²) in [4.78, 5) is 20.0. The molecule has 1 unspecified atom stereocenters. The van der Waals surface area contributed by atoms with Gasteiger partial charge in [0.25, 0.3) is 11.4 Å². The van der Waals surface area contributed by atoms with E-state index in [4.69, 9.17) is 0 Å². The molecule has 1 atom stereocenters. The fourth-order valence-electron chi connectivity index (χ4n) is 1.51. The summed E-state index contributed by atoms with van der Waals surface area (Å²) in [7, 11) is 0. The topological polar surface area (TPSA) is 119 Å². The average Bonchev–Trinajstić information content (AvgIpc) is 2.38. The standard InChI is InChI=1S/C11H15N3O5/c1-2-9(15)5-6-12-10-4-3-8(13(16)17)7-11(10)14(18)19/h3-4,7,9,12,15H,2,5-6H2,1H3. The van der Waals surface area contributed by atoms with E-state index in [1.165, 1.54) is 12.1 Å². The number of benzene rings is 1. The maximum atomic E-state index is 10.8. The molecule has 8 heteroatoms. The number of nitrogens with zero attached hydrogens (tertiary/aromatic N) is 2. The molecule has 0 bridgehead atoms. The summed E-state index contributed by atoms with van der Waals surface area (Å²) in [6, 6.07) is 3.42. The van der Waals surface area contributed by atoms with Crippen LogP contribution in [0.25, 0.3) is 0 Å². The Morgan fingerprint density at radius 1 is 1.32 bits per heavy atom. The van der Waals surface area contributed by atoms with E-state index in [2.05, 4.69) is 5.32 Å². The molecule has 0 aliphatic heterocycles. The highest BCUT2D eigenvalue weighted by Crippen LogP contribution is 2.28. The molecule has 0 fully saturated rings. The number of nitro benzene ring substituents is 2. The van der Waals surface area contributed by atoms with Crippen LogP contribution in [0.2, 0.25) is 0 Å². The van der Waals surface area contributed by atoms with Crippen LogP contribution in [0.4, 0.5) is 17.1 Å². The van der Waals surface area contributed by atoms with E-state index in [0.29, 0.717) is 19.4 Å². The molecule has 0 radical (unpaired) electrons. The number of hydrogen-bond acceptors (Lipinski definition) is 6. The van der Waals surface area contributed by atoms with E-state index in [0.717, 1.165) is 6.07 Å². The van der Waals surface area contributed by atoms with E-state index in [-0.39, 0.29) is 17.1 Å². The molecule has 0 heterocycles. The number of anilines is 1. The second kappa shape index (κ2) is 6.64. The highest BCUT2D eigenvalue weighted by Gasteiger charge is 2.19. The summed E-state index contributed by atoms with van der Waals surface area (Å²) in [5, 5.41) is 33.6. The van der Waals surface area contributed by atoms with Gasteiger partial charge in [-0.15, -0.1) is 0 Å². The maximum Gasteiger partial charge on any atom is 0.299 e. The Morgan fingerprint density at radius 3 is 2.53 bits per heavy atom. The number of non-ortho nitro benzene ring substituents is 1. The molecule has 0 aromatic heterocycles. The van der Waals surface area contributed by atoms with Crippen molar-refractivity contribution in [2.24, 2.45) is 0 Å². The molecule has 1 aromatic carbocycles. The van der Waals surface area contributed by atoms with E-state index in [1.807, 2.05) is 6.92 Å². The molecule has 2 N–H and O–H groups in total. The molecular formula is C11H15N3O5. The largest absolute Gasteiger partial charge is 0.393 e. The van der Waals surface area contributed by atoms with Crippen molar-refractivity contribution in [2.75, 3.05) is 11.9 Å². The van der Waals surface area contributed by atoms with Gasteiger partial charge in [-0.2, -0.15) is 0 Å². The van der Waals surface area contributed by atoms with Gasteiger partial charge in [-0.05, 0) is 18.9 Å². The van der Waals surface area contributed by atoms with Crippen LogP contribution in [0.15, 0.2) is 18.2 Å². The number of aliphatic hydroxyl groups excluding tert-OH is 1. The van der Waals surface area contributed by atoms with Gasteiger partial charge in [0.15, 0.2) is 0 Å². The van der Waals surface area contributed by atoms with E-state index in [1.54, 1.807) is 0 Å². The molecule has 104 valence electrons. The summed E-state index contributed by atoms with van der Waals surface area (Å²) in [6.45, 7) is 2.19. The second-order valence-corrected chi connectivity index (χ2v) is 3.99. The first kappa shape index (κ1) is 14.8. The number of aliphatic hydroxyl groups is 1. The molecule has 1 aromatic rings. The minimum atomic E-state index is -0.683. The summed E-state index contributed by atoms with van der Waals surface area (Å²) in [5.41, 5.74) is -0.468. The van der Waals surface area contributed by atoms with Crippen LogP contribution in [0.1, 0.15) is 19.8 Å². The molecule has 0 amide bonds. The van der Waals surface area contributed by atoms with Crippen LogP contribution in [-0.2, 0) is 0 Å². The zero-order valence-electron chi connectivity index (χ0n) is 10.4. The Morgan fingerprint density at radius 2 is 2.00 bits per heavy atom. The summed E-state index contributed by atoms with van der Waals surface area (Å²) >= 11 is 0. The quantitative estimate of drug-likeness (QED) is 0.577. The highest BCUT2D eigenvalue weighted by atomic mass is 16.6. The first-order valence-electron chi connectivity index (χ1n) is 5.80. The average molecular weight is 269 g/mol. The molecule has 0 saturated carbocycles. The van der Waals surface area contributed by atoms with Crippen LogP contribution in [-0.4, -0.2) is 27.6 Å². The van der Waals surface area contributed by atoms with Crippen molar-refractivity contribution >= 4 is 17.1 Å². The maximum absolute atomic E-state index is 10.8. The Kier molecular flexibility index (Phi) is 5.19. The Labute approximate surface area is 109 Å². The van der Waals surface area contributed by atoms with Crippen molar-refractivity contribution in [3.05, 3.63) is 38.4 Å². The predicted octanol–water partition coefficient (Wildman–Crippen LogP) is 2.08. The van der Waals surface area contributed by atoms with Crippen LogP contribution in [0, 0.1) is 20.2 Å². The van der Waals surface area contributed by atoms with Crippen molar-refractivity contribution in [2.45, 2.75) is 25.9 Å². The molecule has 19 heavy (non-hydrogen) atoms.